The number of carbonyl (C=O) groups is 1. The molecule has 0 unspecified atom stereocenters. The molecule has 1 aromatic carbocycles. The summed E-state index contributed by atoms with van der Waals surface area (Å²) in [6.07, 6.45) is 9.16. The molecule has 2 fully saturated rings. The number of carbonyl (C=O) groups excluding carboxylic acids is 1. The minimum Gasteiger partial charge on any atom is -0.494 e. The van der Waals surface area contributed by atoms with Crippen LogP contribution in [0.1, 0.15) is 49.7 Å². The van der Waals surface area contributed by atoms with E-state index in [9.17, 15) is 4.79 Å². The van der Waals surface area contributed by atoms with Crippen LogP contribution in [0.4, 0.5) is 0 Å². The predicted molar refractivity (Wildman–Crippen MR) is 112 cm³/mol. The first-order chi connectivity index (χ1) is 13.8. The zero-order valence-electron chi connectivity index (χ0n) is 17.1. The predicted octanol–water partition coefficient (Wildman–Crippen LogP) is 2.62. The Bertz CT molecular complexity index is 651. The van der Waals surface area contributed by atoms with E-state index in [1.807, 2.05) is 0 Å². The molecule has 0 aromatic heterocycles. The number of nitrogens with zero attached hydrogens (tertiary/aromatic N) is 2. The number of ether oxygens (including phenoxy) is 1. The lowest BCUT2D eigenvalue weighted by molar-refractivity contribution is -0.132. The molecule has 154 valence electrons. The Morgan fingerprint density at radius 2 is 1.86 bits per heavy atom. The quantitative estimate of drug-likeness (QED) is 0.765. The molecule has 3 aliphatic rings. The average molecular weight is 386 g/mol. The standard InChI is InChI=1S/C23H35N3O2/c27-23(22-6-4-11-24-22)26-15-9-19-7-8-21(18-20(19)10-16-26)28-17-5-14-25-12-2-1-3-13-25/h7-8,18,22,24H,1-6,9-17H2/t22-/m0/s1. The molecule has 28 heavy (non-hydrogen) atoms. The van der Waals surface area contributed by atoms with Crippen molar-refractivity contribution < 1.29 is 9.53 Å². The summed E-state index contributed by atoms with van der Waals surface area (Å²) in [4.78, 5) is 17.3. The SMILES string of the molecule is O=C([C@@H]1CCCN1)N1CCc2ccc(OCCCN3CCCCC3)cc2CC1. The molecule has 1 aromatic rings. The highest BCUT2D eigenvalue weighted by Gasteiger charge is 2.28. The molecule has 1 atom stereocenters. The molecule has 0 spiro atoms. The number of amides is 1. The normalized spacial score (nSPS) is 23.3. The first kappa shape index (κ1) is 19.7. The van der Waals surface area contributed by atoms with E-state index in [1.54, 1.807) is 0 Å². The number of likely N-dealkylation sites (tertiary alicyclic amines) is 1. The average Bonchev–Trinajstić information content (AvgIpc) is 3.19. The van der Waals surface area contributed by atoms with Crippen molar-refractivity contribution in [3.8, 4) is 5.75 Å². The highest BCUT2D eigenvalue weighted by Crippen LogP contribution is 2.23. The third kappa shape index (κ3) is 5.06. The molecule has 1 N–H and O–H groups in total. The zero-order chi connectivity index (χ0) is 19.2. The summed E-state index contributed by atoms with van der Waals surface area (Å²) in [5.74, 6) is 1.27. The van der Waals surface area contributed by atoms with Gasteiger partial charge in [0.1, 0.15) is 5.75 Å². The van der Waals surface area contributed by atoms with Crippen LogP contribution in [0.15, 0.2) is 18.2 Å². The summed E-state index contributed by atoms with van der Waals surface area (Å²) in [5.41, 5.74) is 2.72. The largest absolute Gasteiger partial charge is 0.494 e. The van der Waals surface area contributed by atoms with Crippen molar-refractivity contribution in [2.24, 2.45) is 0 Å². The fraction of sp³-hybridized carbons (Fsp3) is 0.696. The lowest BCUT2D eigenvalue weighted by atomic mass is 10.0. The molecular weight excluding hydrogens is 350 g/mol. The maximum absolute atomic E-state index is 12.7. The van der Waals surface area contributed by atoms with E-state index in [0.717, 1.165) is 70.6 Å². The fourth-order valence-electron chi connectivity index (χ4n) is 4.79. The van der Waals surface area contributed by atoms with Gasteiger partial charge in [-0.1, -0.05) is 12.5 Å². The van der Waals surface area contributed by atoms with E-state index in [2.05, 4.69) is 33.3 Å². The molecule has 5 heteroatoms. The summed E-state index contributed by atoms with van der Waals surface area (Å²) in [7, 11) is 0. The molecule has 0 saturated carbocycles. The van der Waals surface area contributed by atoms with Crippen LogP contribution in [0.25, 0.3) is 0 Å². The number of fused-ring (bicyclic) bond motifs is 1. The summed E-state index contributed by atoms with van der Waals surface area (Å²) in [6, 6.07) is 6.56. The second-order valence-corrected chi connectivity index (χ2v) is 8.51. The van der Waals surface area contributed by atoms with Crippen molar-refractivity contribution in [1.29, 1.82) is 0 Å². The van der Waals surface area contributed by atoms with Crippen LogP contribution in [0.3, 0.4) is 0 Å². The number of piperidine rings is 1. The minimum absolute atomic E-state index is 0.0417. The van der Waals surface area contributed by atoms with E-state index >= 15 is 0 Å². The first-order valence-electron chi connectivity index (χ1n) is 11.3. The fourth-order valence-corrected chi connectivity index (χ4v) is 4.79. The molecule has 5 nitrogen and oxygen atoms in total. The van der Waals surface area contributed by atoms with Gasteiger partial charge in [0, 0.05) is 19.6 Å². The van der Waals surface area contributed by atoms with Crippen LogP contribution in [0.2, 0.25) is 0 Å². The monoisotopic (exact) mass is 385 g/mol. The Balaban J connectivity index is 1.25. The van der Waals surface area contributed by atoms with Gasteiger partial charge in [-0.05, 0) is 87.8 Å². The third-order valence-electron chi connectivity index (χ3n) is 6.49. The van der Waals surface area contributed by atoms with Crippen LogP contribution < -0.4 is 10.1 Å². The molecule has 1 amide bonds. The number of rotatable bonds is 6. The number of hydrogen-bond donors (Lipinski definition) is 1. The smallest absolute Gasteiger partial charge is 0.239 e. The summed E-state index contributed by atoms with van der Waals surface area (Å²) in [5, 5.41) is 3.34. The van der Waals surface area contributed by atoms with E-state index in [0.29, 0.717) is 5.91 Å². The van der Waals surface area contributed by atoms with Crippen LogP contribution in [0, 0.1) is 0 Å². The van der Waals surface area contributed by atoms with Gasteiger partial charge in [-0.2, -0.15) is 0 Å². The molecule has 2 saturated heterocycles. The molecule has 0 aliphatic carbocycles. The second-order valence-electron chi connectivity index (χ2n) is 8.51. The van der Waals surface area contributed by atoms with Crippen LogP contribution in [-0.2, 0) is 17.6 Å². The summed E-state index contributed by atoms with van der Waals surface area (Å²) < 4.78 is 6.04. The van der Waals surface area contributed by atoms with Gasteiger partial charge in [-0.3, -0.25) is 4.79 Å². The molecular formula is C23H35N3O2. The minimum atomic E-state index is 0.0417. The van der Waals surface area contributed by atoms with Crippen molar-refractivity contribution in [2.45, 2.75) is 57.4 Å². The van der Waals surface area contributed by atoms with Gasteiger partial charge in [-0.25, -0.2) is 0 Å². The molecule has 0 bridgehead atoms. The van der Waals surface area contributed by atoms with Gasteiger partial charge in [0.15, 0.2) is 0 Å². The van der Waals surface area contributed by atoms with Crippen molar-refractivity contribution in [3.05, 3.63) is 29.3 Å². The second kappa shape index (κ2) is 9.75. The molecule has 0 radical (unpaired) electrons. The maximum Gasteiger partial charge on any atom is 0.239 e. The Morgan fingerprint density at radius 1 is 1.04 bits per heavy atom. The van der Waals surface area contributed by atoms with Gasteiger partial charge in [0.05, 0.1) is 12.6 Å². The first-order valence-corrected chi connectivity index (χ1v) is 11.3. The lowest BCUT2D eigenvalue weighted by Crippen LogP contribution is -2.44. The van der Waals surface area contributed by atoms with Crippen molar-refractivity contribution >= 4 is 5.91 Å². The van der Waals surface area contributed by atoms with Gasteiger partial charge in [0.25, 0.3) is 0 Å². The zero-order valence-corrected chi connectivity index (χ0v) is 17.1. The van der Waals surface area contributed by atoms with Crippen molar-refractivity contribution in [2.75, 3.05) is 45.9 Å². The van der Waals surface area contributed by atoms with E-state index in [1.165, 1.54) is 43.5 Å². The number of benzene rings is 1. The van der Waals surface area contributed by atoms with Gasteiger partial charge in [0.2, 0.25) is 5.91 Å². The summed E-state index contributed by atoms with van der Waals surface area (Å²) in [6.45, 7) is 7.07. The third-order valence-corrected chi connectivity index (χ3v) is 6.49. The van der Waals surface area contributed by atoms with E-state index in [-0.39, 0.29) is 6.04 Å². The molecule has 3 aliphatic heterocycles. The number of hydrogen-bond acceptors (Lipinski definition) is 4. The van der Waals surface area contributed by atoms with Gasteiger partial charge >= 0.3 is 0 Å². The Kier molecular flexibility index (Phi) is 6.86. The molecule has 3 heterocycles. The van der Waals surface area contributed by atoms with Crippen LogP contribution in [0.5, 0.6) is 5.75 Å². The van der Waals surface area contributed by atoms with Crippen LogP contribution >= 0.6 is 0 Å². The highest BCUT2D eigenvalue weighted by atomic mass is 16.5. The highest BCUT2D eigenvalue weighted by molar-refractivity contribution is 5.82. The van der Waals surface area contributed by atoms with E-state index in [4.69, 9.17) is 4.74 Å². The van der Waals surface area contributed by atoms with Crippen molar-refractivity contribution in [1.82, 2.24) is 15.1 Å². The Hall–Kier alpha value is -1.59. The van der Waals surface area contributed by atoms with Crippen LogP contribution in [-0.4, -0.2) is 67.6 Å². The molecule has 4 rings (SSSR count). The van der Waals surface area contributed by atoms with Gasteiger partial charge in [-0.15, -0.1) is 0 Å². The summed E-state index contributed by atoms with van der Waals surface area (Å²) >= 11 is 0. The van der Waals surface area contributed by atoms with Crippen molar-refractivity contribution in [3.63, 3.8) is 0 Å². The maximum atomic E-state index is 12.7. The van der Waals surface area contributed by atoms with E-state index < -0.39 is 0 Å². The van der Waals surface area contributed by atoms with Gasteiger partial charge < -0.3 is 19.9 Å². The number of nitrogens with one attached hydrogen (secondary N) is 1. The topological polar surface area (TPSA) is 44.8 Å². The Labute approximate surface area is 169 Å². The Morgan fingerprint density at radius 3 is 2.64 bits per heavy atom. The lowest BCUT2D eigenvalue weighted by Gasteiger charge is -2.26.